The molecule has 0 spiro atoms. The monoisotopic (exact) mass is 629 g/mol. The van der Waals surface area contributed by atoms with Crippen molar-refractivity contribution in [3.63, 3.8) is 0 Å². The summed E-state index contributed by atoms with van der Waals surface area (Å²) >= 11 is 3.48. The van der Waals surface area contributed by atoms with E-state index in [1.165, 1.54) is 12.0 Å². The molecule has 1 N–H and O–H groups in total. The standard InChI is InChI=1S/C30H36BrN3O5S/c1-4-5-17-32-30(36)28(19-23-11-7-6-8-12-23)33(21-24-13-9-14-25(31)18-24)29(35)22-34(40(3,37)38)26-15-10-16-27(20-26)39-2/h6-16,18,20,28H,4-5,17,19,21-22H2,1-3H3,(H,32,36). The fourth-order valence-electron chi connectivity index (χ4n) is 4.27. The van der Waals surface area contributed by atoms with Gasteiger partial charge in [-0.2, -0.15) is 0 Å². The normalized spacial score (nSPS) is 11.9. The molecular weight excluding hydrogens is 594 g/mol. The fourth-order valence-corrected chi connectivity index (χ4v) is 5.56. The zero-order valence-electron chi connectivity index (χ0n) is 23.0. The fraction of sp³-hybridized carbons (Fsp3) is 0.333. The van der Waals surface area contributed by atoms with Crippen molar-refractivity contribution in [1.29, 1.82) is 0 Å². The second-order valence-corrected chi connectivity index (χ2v) is 12.3. The van der Waals surface area contributed by atoms with Crippen LogP contribution in [0.25, 0.3) is 0 Å². The number of nitrogens with one attached hydrogen (secondary N) is 1. The van der Waals surface area contributed by atoms with Gasteiger partial charge in [-0.15, -0.1) is 0 Å². The van der Waals surface area contributed by atoms with E-state index in [2.05, 4.69) is 21.2 Å². The quantitative estimate of drug-likeness (QED) is 0.259. The van der Waals surface area contributed by atoms with Crippen LogP contribution in [-0.4, -0.2) is 57.6 Å². The minimum absolute atomic E-state index is 0.118. The Balaban J connectivity index is 2.04. The summed E-state index contributed by atoms with van der Waals surface area (Å²) in [5.74, 6) is -0.324. The number of anilines is 1. The van der Waals surface area contributed by atoms with E-state index in [0.29, 0.717) is 18.0 Å². The Morgan fingerprint density at radius 2 is 1.68 bits per heavy atom. The highest BCUT2D eigenvalue weighted by Gasteiger charge is 2.33. The van der Waals surface area contributed by atoms with Gasteiger partial charge in [0.15, 0.2) is 0 Å². The third-order valence-electron chi connectivity index (χ3n) is 6.36. The first-order valence-electron chi connectivity index (χ1n) is 13.1. The molecule has 3 rings (SSSR count). The minimum Gasteiger partial charge on any atom is -0.497 e. The number of nitrogens with zero attached hydrogens (tertiary/aromatic N) is 2. The first kappa shape index (κ1) is 31.2. The molecule has 0 saturated carbocycles. The predicted octanol–water partition coefficient (Wildman–Crippen LogP) is 4.78. The van der Waals surface area contributed by atoms with Gasteiger partial charge in [-0.1, -0.05) is 77.8 Å². The molecule has 3 aromatic carbocycles. The van der Waals surface area contributed by atoms with Crippen LogP contribution in [0.1, 0.15) is 30.9 Å². The lowest BCUT2D eigenvalue weighted by molar-refractivity contribution is -0.140. The van der Waals surface area contributed by atoms with E-state index in [1.807, 2.05) is 61.5 Å². The second kappa shape index (κ2) is 14.9. The van der Waals surface area contributed by atoms with Crippen molar-refractivity contribution in [2.75, 3.05) is 30.8 Å². The van der Waals surface area contributed by atoms with Crippen molar-refractivity contribution in [2.45, 2.75) is 38.8 Å². The van der Waals surface area contributed by atoms with Gasteiger partial charge in [0.25, 0.3) is 0 Å². The summed E-state index contributed by atoms with van der Waals surface area (Å²) in [6.45, 7) is 2.16. The second-order valence-electron chi connectivity index (χ2n) is 9.47. The van der Waals surface area contributed by atoms with Crippen molar-refractivity contribution in [1.82, 2.24) is 10.2 Å². The van der Waals surface area contributed by atoms with Crippen molar-refractivity contribution in [3.05, 3.63) is 94.5 Å². The number of methoxy groups -OCH3 is 1. The molecule has 214 valence electrons. The molecule has 0 fully saturated rings. The lowest BCUT2D eigenvalue weighted by Crippen LogP contribution is -2.53. The molecule has 0 aliphatic carbocycles. The van der Waals surface area contributed by atoms with E-state index >= 15 is 0 Å². The van der Waals surface area contributed by atoms with E-state index in [4.69, 9.17) is 4.74 Å². The van der Waals surface area contributed by atoms with Crippen LogP contribution in [0.2, 0.25) is 0 Å². The molecule has 0 bridgehead atoms. The van der Waals surface area contributed by atoms with Gasteiger partial charge in [0, 0.05) is 30.0 Å². The number of carbonyl (C=O) groups is 2. The molecule has 0 aliphatic heterocycles. The predicted molar refractivity (Wildman–Crippen MR) is 162 cm³/mol. The first-order valence-corrected chi connectivity index (χ1v) is 15.7. The van der Waals surface area contributed by atoms with Gasteiger partial charge >= 0.3 is 0 Å². The Labute approximate surface area is 245 Å². The summed E-state index contributed by atoms with van der Waals surface area (Å²) in [5, 5.41) is 2.98. The molecule has 1 atom stereocenters. The number of amides is 2. The average molecular weight is 631 g/mol. The number of hydrogen-bond acceptors (Lipinski definition) is 5. The van der Waals surface area contributed by atoms with Crippen LogP contribution in [-0.2, 0) is 32.6 Å². The highest BCUT2D eigenvalue weighted by Crippen LogP contribution is 2.24. The van der Waals surface area contributed by atoms with Crippen molar-refractivity contribution < 1.29 is 22.7 Å². The summed E-state index contributed by atoms with van der Waals surface area (Å²) in [6, 6.07) is 22.6. The van der Waals surface area contributed by atoms with Crippen molar-refractivity contribution in [2.24, 2.45) is 0 Å². The van der Waals surface area contributed by atoms with Crippen LogP contribution in [0.5, 0.6) is 5.75 Å². The van der Waals surface area contributed by atoms with Crippen LogP contribution >= 0.6 is 15.9 Å². The number of halogens is 1. The van der Waals surface area contributed by atoms with Crippen LogP contribution in [0, 0.1) is 0 Å². The lowest BCUT2D eigenvalue weighted by atomic mass is 10.0. The molecule has 2 amide bonds. The molecule has 40 heavy (non-hydrogen) atoms. The molecule has 3 aromatic rings. The number of carbonyl (C=O) groups excluding carboxylic acids is 2. The van der Waals surface area contributed by atoms with E-state index < -0.39 is 28.5 Å². The van der Waals surface area contributed by atoms with Crippen LogP contribution in [0.4, 0.5) is 5.69 Å². The van der Waals surface area contributed by atoms with Gasteiger partial charge in [-0.3, -0.25) is 13.9 Å². The van der Waals surface area contributed by atoms with E-state index in [-0.39, 0.29) is 18.9 Å². The van der Waals surface area contributed by atoms with Gasteiger partial charge in [0.1, 0.15) is 18.3 Å². The third-order valence-corrected chi connectivity index (χ3v) is 8.00. The topological polar surface area (TPSA) is 96.0 Å². The number of ether oxygens (including phenoxy) is 1. The summed E-state index contributed by atoms with van der Waals surface area (Å²) in [6.07, 6.45) is 3.04. The summed E-state index contributed by atoms with van der Waals surface area (Å²) in [7, 11) is -2.37. The maximum Gasteiger partial charge on any atom is 0.244 e. The third kappa shape index (κ3) is 9.09. The van der Waals surface area contributed by atoms with Crippen molar-refractivity contribution in [3.8, 4) is 5.75 Å². The Hall–Kier alpha value is -3.37. The largest absolute Gasteiger partial charge is 0.497 e. The molecule has 0 saturated heterocycles. The molecule has 1 unspecified atom stereocenters. The van der Waals surface area contributed by atoms with E-state index in [9.17, 15) is 18.0 Å². The van der Waals surface area contributed by atoms with Gasteiger partial charge in [0.2, 0.25) is 21.8 Å². The average Bonchev–Trinajstić information content (AvgIpc) is 2.93. The first-order chi connectivity index (χ1) is 19.1. The van der Waals surface area contributed by atoms with Crippen LogP contribution in [0.15, 0.2) is 83.3 Å². The van der Waals surface area contributed by atoms with Gasteiger partial charge < -0.3 is 15.0 Å². The molecule has 8 nitrogen and oxygen atoms in total. The number of hydrogen-bond donors (Lipinski definition) is 1. The molecular formula is C30H36BrN3O5S. The lowest BCUT2D eigenvalue weighted by Gasteiger charge is -2.33. The molecule has 0 heterocycles. The minimum atomic E-state index is -3.85. The smallest absolute Gasteiger partial charge is 0.244 e. The summed E-state index contributed by atoms with van der Waals surface area (Å²) < 4.78 is 32.9. The van der Waals surface area contributed by atoms with E-state index in [1.54, 1.807) is 24.3 Å². The van der Waals surface area contributed by atoms with Crippen LogP contribution < -0.4 is 14.4 Å². The van der Waals surface area contributed by atoms with E-state index in [0.717, 1.165) is 39.0 Å². The zero-order chi connectivity index (χ0) is 29.1. The number of benzene rings is 3. The molecule has 0 radical (unpaired) electrons. The zero-order valence-corrected chi connectivity index (χ0v) is 25.4. The molecule has 10 heteroatoms. The van der Waals surface area contributed by atoms with Gasteiger partial charge in [-0.25, -0.2) is 8.42 Å². The van der Waals surface area contributed by atoms with Gasteiger partial charge in [0.05, 0.1) is 19.1 Å². The SMILES string of the molecule is CCCCNC(=O)C(Cc1ccccc1)N(Cc1cccc(Br)c1)C(=O)CN(c1cccc(OC)c1)S(C)(=O)=O. The van der Waals surface area contributed by atoms with Gasteiger partial charge in [-0.05, 0) is 41.8 Å². The molecule has 0 aliphatic rings. The number of rotatable bonds is 14. The Morgan fingerprint density at radius 1 is 0.975 bits per heavy atom. The highest BCUT2D eigenvalue weighted by atomic mass is 79.9. The number of unbranched alkanes of at least 4 members (excludes halogenated alkanes) is 1. The highest BCUT2D eigenvalue weighted by molar-refractivity contribution is 9.10. The Kier molecular flexibility index (Phi) is 11.6. The Bertz CT molecular complexity index is 1380. The summed E-state index contributed by atoms with van der Waals surface area (Å²) in [4.78, 5) is 29.2. The summed E-state index contributed by atoms with van der Waals surface area (Å²) in [5.41, 5.74) is 1.98. The maximum absolute atomic E-state index is 14.1. The van der Waals surface area contributed by atoms with Crippen molar-refractivity contribution >= 4 is 43.5 Å². The Morgan fingerprint density at radius 3 is 2.33 bits per heavy atom. The maximum atomic E-state index is 14.1. The van der Waals surface area contributed by atoms with Crippen LogP contribution in [0.3, 0.4) is 0 Å². The molecule has 0 aromatic heterocycles. The number of sulfonamides is 1.